The Bertz CT molecular complexity index is 1120. The van der Waals surface area contributed by atoms with Gasteiger partial charge in [0.15, 0.2) is 17.3 Å². The third kappa shape index (κ3) is 4.65. The van der Waals surface area contributed by atoms with Crippen LogP contribution in [0.15, 0.2) is 12.1 Å². The number of ether oxygens (including phenoxy) is 3. The second-order valence-corrected chi connectivity index (χ2v) is 8.82. The predicted molar refractivity (Wildman–Crippen MR) is 123 cm³/mol. The molecule has 9 heteroatoms. The summed E-state index contributed by atoms with van der Waals surface area (Å²) >= 11 is 1.35. The number of nitrogens with one attached hydrogen (secondary N) is 1. The molecular weight excluding hydrogens is 414 g/mol. The molecule has 0 unspecified atom stereocenters. The Morgan fingerprint density at radius 3 is 2.29 bits per heavy atom. The number of nitriles is 1. The Kier molecular flexibility index (Phi) is 6.53. The van der Waals surface area contributed by atoms with E-state index in [2.05, 4.69) is 11.4 Å². The van der Waals surface area contributed by atoms with Crippen LogP contribution in [0.2, 0.25) is 0 Å². The number of fused-ring (bicyclic) bond motifs is 1. The Morgan fingerprint density at radius 1 is 1.13 bits per heavy atom. The molecule has 0 aliphatic carbocycles. The first kappa shape index (κ1) is 22.6. The van der Waals surface area contributed by atoms with Crippen molar-refractivity contribution in [3.05, 3.63) is 22.6 Å². The topological polar surface area (TPSA) is 115 Å². The van der Waals surface area contributed by atoms with Crippen molar-refractivity contribution in [2.24, 2.45) is 5.73 Å². The van der Waals surface area contributed by atoms with Crippen molar-refractivity contribution in [3.8, 4) is 34.7 Å². The summed E-state index contributed by atoms with van der Waals surface area (Å²) in [6.45, 7) is 6.52. The highest BCUT2D eigenvalue weighted by molar-refractivity contribution is 7.19. The van der Waals surface area contributed by atoms with Gasteiger partial charge >= 0.3 is 0 Å². The van der Waals surface area contributed by atoms with Crippen LogP contribution in [0.5, 0.6) is 17.2 Å². The Balaban J connectivity index is 2.17. The van der Waals surface area contributed by atoms with Crippen LogP contribution in [0.3, 0.4) is 0 Å². The van der Waals surface area contributed by atoms with Gasteiger partial charge in [0.25, 0.3) is 0 Å². The van der Waals surface area contributed by atoms with Crippen LogP contribution in [0, 0.1) is 18.3 Å². The molecule has 0 saturated heterocycles. The highest BCUT2D eigenvalue weighted by Crippen LogP contribution is 2.42. The van der Waals surface area contributed by atoms with E-state index in [0.29, 0.717) is 45.9 Å². The van der Waals surface area contributed by atoms with Crippen LogP contribution in [0.1, 0.15) is 30.7 Å². The molecule has 8 nitrogen and oxygen atoms in total. The van der Waals surface area contributed by atoms with E-state index in [-0.39, 0.29) is 5.54 Å². The smallest absolute Gasteiger partial charge is 0.203 e. The van der Waals surface area contributed by atoms with Gasteiger partial charge in [-0.15, -0.1) is 11.3 Å². The first-order valence-corrected chi connectivity index (χ1v) is 10.6. The number of nitrogens with zero attached hydrogens (tertiary/aromatic N) is 3. The molecule has 0 bridgehead atoms. The van der Waals surface area contributed by atoms with Crippen molar-refractivity contribution < 1.29 is 14.2 Å². The minimum atomic E-state index is -0.305. The number of methoxy groups -OCH3 is 3. The molecule has 3 rings (SSSR count). The zero-order chi connectivity index (χ0) is 22.8. The summed E-state index contributed by atoms with van der Waals surface area (Å²) in [6, 6.07) is 5.86. The number of anilines is 1. The fourth-order valence-corrected chi connectivity index (χ4v) is 4.19. The number of hydrogen-bond acceptors (Lipinski definition) is 9. The molecule has 164 valence electrons. The Hall–Kier alpha value is -3.09. The quantitative estimate of drug-likeness (QED) is 0.537. The van der Waals surface area contributed by atoms with E-state index < -0.39 is 0 Å². The molecule has 0 atom stereocenters. The molecule has 0 saturated carbocycles. The van der Waals surface area contributed by atoms with Gasteiger partial charge in [0.2, 0.25) is 5.75 Å². The minimum Gasteiger partial charge on any atom is -0.493 e. The summed E-state index contributed by atoms with van der Waals surface area (Å²) < 4.78 is 16.4. The van der Waals surface area contributed by atoms with E-state index in [4.69, 9.17) is 29.9 Å². The molecule has 2 aromatic heterocycles. The van der Waals surface area contributed by atoms with Crippen LogP contribution in [0.4, 0.5) is 5.82 Å². The molecule has 1 aromatic carbocycles. The first-order valence-electron chi connectivity index (χ1n) is 9.76. The maximum atomic E-state index is 9.50. The average molecular weight is 442 g/mol. The SMILES string of the molecule is COc1cc(-c2nc(NCCC(C)(C)N)c3c(C)c(C#N)sc3n2)cc(OC)c1OC. The lowest BCUT2D eigenvalue weighted by Gasteiger charge is -2.19. The van der Waals surface area contributed by atoms with Crippen molar-refractivity contribution in [3.63, 3.8) is 0 Å². The first-order chi connectivity index (χ1) is 14.7. The lowest BCUT2D eigenvalue weighted by molar-refractivity contribution is 0.324. The number of thiophene rings is 1. The highest BCUT2D eigenvalue weighted by atomic mass is 32.1. The number of rotatable bonds is 8. The van der Waals surface area contributed by atoms with Crippen molar-refractivity contribution in [2.75, 3.05) is 33.2 Å². The zero-order valence-corrected chi connectivity index (χ0v) is 19.4. The molecule has 3 aromatic rings. The minimum absolute atomic E-state index is 0.305. The summed E-state index contributed by atoms with van der Waals surface area (Å²) in [5.41, 5.74) is 7.40. The third-order valence-corrected chi connectivity index (χ3v) is 5.97. The lowest BCUT2D eigenvalue weighted by Crippen LogP contribution is -2.34. The largest absolute Gasteiger partial charge is 0.493 e. The molecule has 0 fully saturated rings. The molecule has 31 heavy (non-hydrogen) atoms. The van der Waals surface area contributed by atoms with Gasteiger partial charge in [-0.05, 0) is 44.9 Å². The summed E-state index contributed by atoms with van der Waals surface area (Å²) in [4.78, 5) is 10.9. The number of nitrogens with two attached hydrogens (primary N) is 1. The number of benzene rings is 1. The van der Waals surface area contributed by atoms with Gasteiger partial charge < -0.3 is 25.3 Å². The summed E-state index contributed by atoms with van der Waals surface area (Å²) in [7, 11) is 4.68. The summed E-state index contributed by atoms with van der Waals surface area (Å²) in [5.74, 6) is 2.69. The van der Waals surface area contributed by atoms with E-state index in [1.807, 2.05) is 20.8 Å². The van der Waals surface area contributed by atoms with Crippen molar-refractivity contribution in [2.45, 2.75) is 32.7 Å². The number of aryl methyl sites for hydroxylation is 1. The molecule has 0 spiro atoms. The molecule has 2 heterocycles. The second kappa shape index (κ2) is 8.96. The van der Waals surface area contributed by atoms with Crippen molar-refractivity contribution >= 4 is 27.4 Å². The molecule has 3 N–H and O–H groups in total. The van der Waals surface area contributed by atoms with E-state index in [1.54, 1.807) is 33.5 Å². The molecule has 0 aliphatic rings. The fraction of sp³-hybridized carbons (Fsp3) is 0.409. The number of hydrogen-bond donors (Lipinski definition) is 2. The normalized spacial score (nSPS) is 11.3. The zero-order valence-electron chi connectivity index (χ0n) is 18.6. The van der Waals surface area contributed by atoms with E-state index in [1.165, 1.54) is 11.3 Å². The van der Waals surface area contributed by atoms with Gasteiger partial charge in [-0.1, -0.05) is 0 Å². The van der Waals surface area contributed by atoms with Gasteiger partial charge in [-0.3, -0.25) is 0 Å². The van der Waals surface area contributed by atoms with Crippen LogP contribution in [0.25, 0.3) is 21.6 Å². The molecule has 0 aliphatic heterocycles. The Labute approximate surface area is 186 Å². The standard InChI is InChI=1S/C22H27N5O3S/c1-12-16(11-23)31-21-17(12)20(25-8-7-22(2,3)24)26-19(27-21)13-9-14(28-4)18(30-6)15(10-13)29-5/h9-10H,7-8,24H2,1-6H3,(H,25,26,27). The average Bonchev–Trinajstić information content (AvgIpc) is 3.07. The second-order valence-electron chi connectivity index (χ2n) is 7.82. The van der Waals surface area contributed by atoms with Crippen molar-refractivity contribution in [1.29, 1.82) is 5.26 Å². The predicted octanol–water partition coefficient (Wildman–Crippen LogP) is 4.10. The maximum Gasteiger partial charge on any atom is 0.203 e. The molecule has 0 radical (unpaired) electrons. The fourth-order valence-electron chi connectivity index (χ4n) is 3.22. The van der Waals surface area contributed by atoms with E-state index >= 15 is 0 Å². The van der Waals surface area contributed by atoms with Gasteiger partial charge in [-0.25, -0.2) is 9.97 Å². The monoisotopic (exact) mass is 441 g/mol. The molecule has 0 amide bonds. The third-order valence-electron chi connectivity index (χ3n) is 4.88. The van der Waals surface area contributed by atoms with Gasteiger partial charge in [0.1, 0.15) is 21.6 Å². The lowest BCUT2D eigenvalue weighted by atomic mass is 10.0. The number of aromatic nitrogens is 2. The van der Waals surface area contributed by atoms with Crippen LogP contribution in [-0.2, 0) is 0 Å². The highest BCUT2D eigenvalue weighted by Gasteiger charge is 2.20. The maximum absolute atomic E-state index is 9.50. The Morgan fingerprint density at radius 2 is 1.77 bits per heavy atom. The van der Waals surface area contributed by atoms with Crippen LogP contribution in [-0.4, -0.2) is 43.4 Å². The van der Waals surface area contributed by atoms with Gasteiger partial charge in [0, 0.05) is 17.6 Å². The van der Waals surface area contributed by atoms with E-state index in [0.717, 1.165) is 22.2 Å². The van der Waals surface area contributed by atoms with Crippen LogP contribution < -0.4 is 25.3 Å². The van der Waals surface area contributed by atoms with Gasteiger partial charge in [0.05, 0.1) is 26.7 Å². The molecular formula is C22H27N5O3S. The van der Waals surface area contributed by atoms with Crippen molar-refractivity contribution in [1.82, 2.24) is 9.97 Å². The summed E-state index contributed by atoms with van der Waals surface area (Å²) in [5, 5.41) is 13.7. The summed E-state index contributed by atoms with van der Waals surface area (Å²) in [6.07, 6.45) is 0.756. The van der Waals surface area contributed by atoms with Crippen LogP contribution >= 0.6 is 11.3 Å². The van der Waals surface area contributed by atoms with Gasteiger partial charge in [-0.2, -0.15) is 5.26 Å². The van der Waals surface area contributed by atoms with E-state index in [9.17, 15) is 5.26 Å².